The van der Waals surface area contributed by atoms with Crippen LogP contribution in [0.3, 0.4) is 0 Å². The van der Waals surface area contributed by atoms with Gasteiger partial charge in [0.1, 0.15) is 0 Å². The number of aliphatic carboxylic acids is 1. The molecule has 0 aliphatic heterocycles. The number of hydrogen-bond donors (Lipinski definition) is 2. The summed E-state index contributed by atoms with van der Waals surface area (Å²) in [6.07, 6.45) is 2.74. The molecule has 3 heteroatoms. The van der Waals surface area contributed by atoms with Gasteiger partial charge in [0.15, 0.2) is 0 Å². The number of fused-ring (bicyclic) bond motifs is 1. The Bertz CT molecular complexity index is 579. The molecule has 82 valence electrons. The molecule has 0 bridgehead atoms. The molecule has 0 unspecified atom stereocenters. The lowest BCUT2D eigenvalue weighted by molar-refractivity contribution is -0.131. The Morgan fingerprint density at radius 2 is 2.12 bits per heavy atom. The highest BCUT2D eigenvalue weighted by molar-refractivity contribution is 5.91. The van der Waals surface area contributed by atoms with E-state index in [1.165, 1.54) is 0 Å². The number of aromatic amines is 1. The number of carbonyl (C=O) groups is 1. The van der Waals surface area contributed by atoms with Crippen LogP contribution >= 0.6 is 0 Å². The summed E-state index contributed by atoms with van der Waals surface area (Å²) in [5, 5.41) is 9.74. The SMILES string of the molecule is Cc1c(/C=C/C(=O)O)[nH]c2c(C)cccc12. The van der Waals surface area contributed by atoms with Crippen molar-refractivity contribution in [2.75, 3.05) is 0 Å². The predicted octanol–water partition coefficient (Wildman–Crippen LogP) is 2.88. The maximum absolute atomic E-state index is 10.5. The molecule has 2 N–H and O–H groups in total. The average molecular weight is 215 g/mol. The number of rotatable bonds is 2. The van der Waals surface area contributed by atoms with E-state index in [4.69, 9.17) is 5.11 Å². The molecule has 0 aliphatic rings. The highest BCUT2D eigenvalue weighted by Crippen LogP contribution is 2.24. The van der Waals surface area contributed by atoms with Gasteiger partial charge in [0.05, 0.1) is 0 Å². The van der Waals surface area contributed by atoms with Gasteiger partial charge in [-0.15, -0.1) is 0 Å². The summed E-state index contributed by atoms with van der Waals surface area (Å²) in [4.78, 5) is 13.7. The molecule has 0 fully saturated rings. The third kappa shape index (κ3) is 1.72. The molecule has 1 aromatic heterocycles. The zero-order chi connectivity index (χ0) is 11.7. The van der Waals surface area contributed by atoms with E-state index >= 15 is 0 Å². The van der Waals surface area contributed by atoms with Gasteiger partial charge in [-0.3, -0.25) is 0 Å². The molecule has 0 saturated heterocycles. The second kappa shape index (κ2) is 3.85. The van der Waals surface area contributed by atoms with Crippen molar-refractivity contribution in [2.45, 2.75) is 13.8 Å². The van der Waals surface area contributed by atoms with Gasteiger partial charge >= 0.3 is 5.97 Å². The summed E-state index contributed by atoms with van der Waals surface area (Å²) in [6.45, 7) is 4.02. The third-order valence-electron chi connectivity index (χ3n) is 2.73. The lowest BCUT2D eigenvalue weighted by Gasteiger charge is -1.94. The van der Waals surface area contributed by atoms with E-state index in [0.717, 1.165) is 33.8 Å². The highest BCUT2D eigenvalue weighted by atomic mass is 16.4. The van der Waals surface area contributed by atoms with Gasteiger partial charge < -0.3 is 10.1 Å². The van der Waals surface area contributed by atoms with Crippen LogP contribution in [0.4, 0.5) is 0 Å². The third-order valence-corrected chi connectivity index (χ3v) is 2.73. The van der Waals surface area contributed by atoms with Crippen molar-refractivity contribution >= 4 is 22.9 Å². The van der Waals surface area contributed by atoms with E-state index in [1.54, 1.807) is 6.08 Å². The smallest absolute Gasteiger partial charge is 0.328 e. The quantitative estimate of drug-likeness (QED) is 0.757. The number of H-pyrrole nitrogens is 1. The number of aromatic nitrogens is 1. The summed E-state index contributed by atoms with van der Waals surface area (Å²) in [5.41, 5.74) is 4.17. The standard InChI is InChI=1S/C13H13NO2/c1-8-4-3-5-10-9(2)11(14-13(8)10)6-7-12(15)16/h3-7,14H,1-2H3,(H,15,16)/b7-6+. The molecule has 1 aromatic carbocycles. The van der Waals surface area contributed by atoms with E-state index in [9.17, 15) is 4.79 Å². The van der Waals surface area contributed by atoms with Crippen LogP contribution in [0.5, 0.6) is 0 Å². The molecular formula is C13H13NO2. The fourth-order valence-electron chi connectivity index (χ4n) is 1.84. The monoisotopic (exact) mass is 215 g/mol. The maximum atomic E-state index is 10.5. The number of aryl methyl sites for hydroxylation is 2. The molecule has 0 spiro atoms. The number of carboxylic acid groups (broad SMARTS) is 1. The number of nitrogens with one attached hydrogen (secondary N) is 1. The van der Waals surface area contributed by atoms with Crippen LogP contribution in [0.2, 0.25) is 0 Å². The molecule has 0 radical (unpaired) electrons. The van der Waals surface area contributed by atoms with Crippen LogP contribution in [-0.4, -0.2) is 16.1 Å². The fourth-order valence-corrected chi connectivity index (χ4v) is 1.84. The Hall–Kier alpha value is -2.03. The van der Waals surface area contributed by atoms with Crippen molar-refractivity contribution in [3.63, 3.8) is 0 Å². The van der Waals surface area contributed by atoms with Gasteiger partial charge in [0.25, 0.3) is 0 Å². The van der Waals surface area contributed by atoms with Gasteiger partial charge in [-0.2, -0.15) is 0 Å². The van der Waals surface area contributed by atoms with Gasteiger partial charge in [-0.25, -0.2) is 4.79 Å². The Labute approximate surface area is 93.4 Å². The van der Waals surface area contributed by atoms with Crippen molar-refractivity contribution in [1.82, 2.24) is 4.98 Å². The minimum absolute atomic E-state index is 0.853. The van der Waals surface area contributed by atoms with E-state index < -0.39 is 5.97 Å². The van der Waals surface area contributed by atoms with Gasteiger partial charge in [0.2, 0.25) is 0 Å². The summed E-state index contributed by atoms with van der Waals surface area (Å²) >= 11 is 0. The molecule has 1 heterocycles. The van der Waals surface area contributed by atoms with Crippen LogP contribution < -0.4 is 0 Å². The van der Waals surface area contributed by atoms with Crippen LogP contribution in [-0.2, 0) is 4.79 Å². The summed E-state index contributed by atoms with van der Waals surface area (Å²) < 4.78 is 0. The topological polar surface area (TPSA) is 53.1 Å². The minimum Gasteiger partial charge on any atom is -0.478 e. The molecule has 16 heavy (non-hydrogen) atoms. The van der Waals surface area contributed by atoms with Crippen molar-refractivity contribution in [3.05, 3.63) is 41.1 Å². The summed E-state index contributed by atoms with van der Waals surface area (Å²) in [6, 6.07) is 6.07. The van der Waals surface area contributed by atoms with E-state index in [0.29, 0.717) is 0 Å². The predicted molar refractivity (Wildman–Crippen MR) is 64.4 cm³/mol. The average Bonchev–Trinajstić information content (AvgIpc) is 2.55. The molecule has 0 aliphatic carbocycles. The van der Waals surface area contributed by atoms with E-state index in [1.807, 2.05) is 32.0 Å². The molecule has 3 nitrogen and oxygen atoms in total. The van der Waals surface area contributed by atoms with Crippen LogP contribution in [0.1, 0.15) is 16.8 Å². The number of carboxylic acids is 1. The van der Waals surface area contributed by atoms with E-state index in [2.05, 4.69) is 4.98 Å². The van der Waals surface area contributed by atoms with Crippen LogP contribution in [0, 0.1) is 13.8 Å². The second-order valence-electron chi connectivity index (χ2n) is 3.83. The molecule has 0 atom stereocenters. The first-order valence-corrected chi connectivity index (χ1v) is 5.08. The van der Waals surface area contributed by atoms with Gasteiger partial charge in [-0.05, 0) is 31.1 Å². The summed E-state index contributed by atoms with van der Waals surface area (Å²) in [5.74, 6) is -0.935. The first-order chi connectivity index (χ1) is 7.59. The Balaban J connectivity index is 2.60. The van der Waals surface area contributed by atoms with Crippen molar-refractivity contribution in [2.24, 2.45) is 0 Å². The Kier molecular flexibility index (Phi) is 2.52. The second-order valence-corrected chi connectivity index (χ2v) is 3.83. The molecule has 2 rings (SSSR count). The summed E-state index contributed by atoms with van der Waals surface area (Å²) in [7, 11) is 0. The number of para-hydroxylation sites is 1. The van der Waals surface area contributed by atoms with E-state index in [-0.39, 0.29) is 0 Å². The van der Waals surface area contributed by atoms with Crippen LogP contribution in [0.25, 0.3) is 17.0 Å². The van der Waals surface area contributed by atoms with Crippen molar-refractivity contribution in [1.29, 1.82) is 0 Å². The maximum Gasteiger partial charge on any atom is 0.328 e. The first-order valence-electron chi connectivity index (χ1n) is 5.08. The molecule has 0 amide bonds. The van der Waals surface area contributed by atoms with Gasteiger partial charge in [-0.1, -0.05) is 18.2 Å². The largest absolute Gasteiger partial charge is 0.478 e. The van der Waals surface area contributed by atoms with Crippen molar-refractivity contribution in [3.8, 4) is 0 Å². The zero-order valence-corrected chi connectivity index (χ0v) is 9.24. The molecule has 2 aromatic rings. The zero-order valence-electron chi connectivity index (χ0n) is 9.24. The van der Waals surface area contributed by atoms with Gasteiger partial charge in [0, 0.05) is 22.7 Å². The molecule has 0 saturated carbocycles. The fraction of sp³-hybridized carbons (Fsp3) is 0.154. The lowest BCUT2D eigenvalue weighted by Crippen LogP contribution is -1.86. The first kappa shape index (κ1) is 10.5. The minimum atomic E-state index is -0.935. The number of hydrogen-bond acceptors (Lipinski definition) is 1. The number of benzene rings is 1. The molecular weight excluding hydrogens is 202 g/mol. The normalized spacial score (nSPS) is 11.4. The van der Waals surface area contributed by atoms with Crippen molar-refractivity contribution < 1.29 is 9.90 Å². The Morgan fingerprint density at radius 1 is 1.38 bits per heavy atom. The highest BCUT2D eigenvalue weighted by Gasteiger charge is 2.06. The van der Waals surface area contributed by atoms with Crippen LogP contribution in [0.15, 0.2) is 24.3 Å². The lowest BCUT2D eigenvalue weighted by atomic mass is 10.1. The Morgan fingerprint density at radius 3 is 2.75 bits per heavy atom.